The SMILES string of the molecule is O=C(Nc1ccc(S(=O)(=O)N2CCCCCC2)cc1)c1cc(Br)ccc1F. The van der Waals surface area contributed by atoms with E-state index in [-0.39, 0.29) is 10.5 Å². The number of halogens is 2. The molecule has 27 heavy (non-hydrogen) atoms. The Kier molecular flexibility index (Phi) is 6.29. The van der Waals surface area contributed by atoms with Crippen LogP contribution < -0.4 is 5.32 Å². The molecule has 1 fully saturated rings. The number of amides is 1. The number of nitrogens with one attached hydrogen (secondary N) is 1. The Labute approximate surface area is 166 Å². The van der Waals surface area contributed by atoms with E-state index in [1.54, 1.807) is 0 Å². The molecule has 0 saturated carbocycles. The molecule has 8 heteroatoms. The number of rotatable bonds is 4. The minimum absolute atomic E-state index is 0.0920. The molecule has 1 saturated heterocycles. The van der Waals surface area contributed by atoms with Crippen molar-refractivity contribution in [2.75, 3.05) is 18.4 Å². The van der Waals surface area contributed by atoms with E-state index >= 15 is 0 Å². The lowest BCUT2D eigenvalue weighted by Gasteiger charge is -2.20. The lowest BCUT2D eigenvalue weighted by atomic mass is 10.2. The lowest BCUT2D eigenvalue weighted by Crippen LogP contribution is -2.31. The van der Waals surface area contributed by atoms with Gasteiger partial charge in [0.15, 0.2) is 0 Å². The minimum Gasteiger partial charge on any atom is -0.322 e. The Hall–Kier alpha value is -1.77. The minimum atomic E-state index is -3.54. The first kappa shape index (κ1) is 20.0. The number of hydrogen-bond donors (Lipinski definition) is 1. The molecule has 0 aliphatic carbocycles. The van der Waals surface area contributed by atoms with Crippen LogP contribution in [-0.4, -0.2) is 31.7 Å². The molecule has 0 radical (unpaired) electrons. The maximum atomic E-state index is 13.8. The van der Waals surface area contributed by atoms with Crippen molar-refractivity contribution >= 4 is 37.5 Å². The van der Waals surface area contributed by atoms with Crippen LogP contribution in [0.2, 0.25) is 0 Å². The fraction of sp³-hybridized carbons (Fsp3) is 0.316. The molecule has 3 rings (SSSR count). The van der Waals surface area contributed by atoms with Crippen molar-refractivity contribution in [3.8, 4) is 0 Å². The Morgan fingerprint density at radius 2 is 1.63 bits per heavy atom. The van der Waals surface area contributed by atoms with Gasteiger partial charge in [0, 0.05) is 23.2 Å². The van der Waals surface area contributed by atoms with Gasteiger partial charge in [-0.05, 0) is 55.3 Å². The van der Waals surface area contributed by atoms with Crippen LogP contribution in [0.25, 0.3) is 0 Å². The van der Waals surface area contributed by atoms with Crippen LogP contribution in [0.3, 0.4) is 0 Å². The van der Waals surface area contributed by atoms with Gasteiger partial charge >= 0.3 is 0 Å². The van der Waals surface area contributed by atoms with E-state index in [0.717, 1.165) is 25.7 Å². The molecular formula is C19H20BrFN2O3S. The highest BCUT2D eigenvalue weighted by Crippen LogP contribution is 2.22. The van der Waals surface area contributed by atoms with Gasteiger partial charge in [-0.15, -0.1) is 0 Å². The summed E-state index contributed by atoms with van der Waals surface area (Å²) in [6, 6.07) is 10.1. The topological polar surface area (TPSA) is 66.5 Å². The van der Waals surface area contributed by atoms with Crippen molar-refractivity contribution in [2.45, 2.75) is 30.6 Å². The predicted octanol–water partition coefficient (Wildman–Crippen LogP) is 4.41. The van der Waals surface area contributed by atoms with E-state index in [1.807, 2.05) is 0 Å². The first-order valence-corrected chi connectivity index (χ1v) is 11.0. The summed E-state index contributed by atoms with van der Waals surface area (Å²) >= 11 is 3.21. The van der Waals surface area contributed by atoms with Crippen molar-refractivity contribution < 1.29 is 17.6 Å². The zero-order valence-electron chi connectivity index (χ0n) is 14.6. The monoisotopic (exact) mass is 454 g/mol. The number of benzene rings is 2. The third-order valence-corrected chi connectivity index (χ3v) is 6.89. The van der Waals surface area contributed by atoms with Crippen LogP contribution in [0.1, 0.15) is 36.0 Å². The summed E-state index contributed by atoms with van der Waals surface area (Å²) in [4.78, 5) is 12.4. The van der Waals surface area contributed by atoms with Crippen molar-refractivity contribution in [1.29, 1.82) is 0 Å². The highest BCUT2D eigenvalue weighted by molar-refractivity contribution is 9.10. The fourth-order valence-electron chi connectivity index (χ4n) is 3.01. The van der Waals surface area contributed by atoms with E-state index in [9.17, 15) is 17.6 Å². The molecule has 5 nitrogen and oxygen atoms in total. The quantitative estimate of drug-likeness (QED) is 0.743. The molecule has 144 valence electrons. The molecule has 1 amide bonds. The van der Waals surface area contributed by atoms with E-state index in [1.165, 1.54) is 46.8 Å². The van der Waals surface area contributed by atoms with Crippen LogP contribution in [0, 0.1) is 5.82 Å². The van der Waals surface area contributed by atoms with Gasteiger partial charge in [-0.25, -0.2) is 12.8 Å². The van der Waals surface area contributed by atoms with Gasteiger partial charge in [-0.2, -0.15) is 4.31 Å². The van der Waals surface area contributed by atoms with Crippen molar-refractivity contribution in [3.63, 3.8) is 0 Å². The van der Waals surface area contributed by atoms with Gasteiger partial charge < -0.3 is 5.32 Å². The van der Waals surface area contributed by atoms with Gasteiger partial charge in [0.05, 0.1) is 10.5 Å². The molecule has 1 heterocycles. The summed E-state index contributed by atoms with van der Waals surface area (Å²) in [7, 11) is -3.54. The second-order valence-corrected chi connectivity index (χ2v) is 9.27. The van der Waals surface area contributed by atoms with E-state index in [0.29, 0.717) is 23.2 Å². The summed E-state index contributed by atoms with van der Waals surface area (Å²) in [6.45, 7) is 1.06. The molecule has 2 aromatic carbocycles. The normalized spacial score (nSPS) is 15.9. The van der Waals surface area contributed by atoms with Crippen LogP contribution in [0.5, 0.6) is 0 Å². The standard InChI is InChI=1S/C19H20BrFN2O3S/c20-14-5-10-18(21)17(13-14)19(24)22-15-6-8-16(9-7-15)27(25,26)23-11-3-1-2-4-12-23/h5-10,13H,1-4,11-12H2,(H,22,24). The average molecular weight is 455 g/mol. The Balaban J connectivity index is 1.75. The van der Waals surface area contributed by atoms with E-state index in [4.69, 9.17) is 0 Å². The van der Waals surface area contributed by atoms with Gasteiger partial charge in [0.1, 0.15) is 5.82 Å². The lowest BCUT2D eigenvalue weighted by molar-refractivity contribution is 0.102. The smallest absolute Gasteiger partial charge is 0.258 e. The molecule has 0 atom stereocenters. The highest BCUT2D eigenvalue weighted by atomic mass is 79.9. The third-order valence-electron chi connectivity index (χ3n) is 4.49. The second kappa shape index (κ2) is 8.50. The third kappa shape index (κ3) is 4.75. The number of carbonyl (C=O) groups is 1. The summed E-state index contributed by atoms with van der Waals surface area (Å²) in [5.41, 5.74) is 0.305. The van der Waals surface area contributed by atoms with Gasteiger partial charge in [0.2, 0.25) is 10.0 Å². The van der Waals surface area contributed by atoms with Gasteiger partial charge in [-0.3, -0.25) is 4.79 Å². The predicted molar refractivity (Wildman–Crippen MR) is 106 cm³/mol. The number of anilines is 1. The molecule has 2 aromatic rings. The Bertz CT molecular complexity index is 924. The van der Waals surface area contributed by atoms with Crippen molar-refractivity contribution in [3.05, 3.63) is 58.3 Å². The summed E-state index contributed by atoms with van der Waals surface area (Å²) in [6.07, 6.45) is 3.82. The Morgan fingerprint density at radius 3 is 2.26 bits per heavy atom. The van der Waals surface area contributed by atoms with Crippen LogP contribution in [0.4, 0.5) is 10.1 Å². The van der Waals surface area contributed by atoms with E-state index < -0.39 is 21.7 Å². The number of sulfonamides is 1. The highest BCUT2D eigenvalue weighted by Gasteiger charge is 2.25. The summed E-state index contributed by atoms with van der Waals surface area (Å²) in [5.74, 6) is -1.23. The molecule has 1 aliphatic rings. The van der Waals surface area contributed by atoms with Crippen molar-refractivity contribution in [1.82, 2.24) is 4.31 Å². The molecule has 1 N–H and O–H groups in total. The van der Waals surface area contributed by atoms with Crippen LogP contribution >= 0.6 is 15.9 Å². The zero-order valence-corrected chi connectivity index (χ0v) is 17.0. The molecule has 0 unspecified atom stereocenters. The van der Waals surface area contributed by atoms with Gasteiger partial charge in [0.25, 0.3) is 5.91 Å². The average Bonchev–Trinajstić information content (AvgIpc) is 2.94. The number of nitrogens with zero attached hydrogens (tertiary/aromatic N) is 1. The van der Waals surface area contributed by atoms with E-state index in [2.05, 4.69) is 21.2 Å². The van der Waals surface area contributed by atoms with Gasteiger partial charge in [-0.1, -0.05) is 28.8 Å². The largest absolute Gasteiger partial charge is 0.322 e. The second-order valence-electron chi connectivity index (χ2n) is 6.42. The molecule has 0 bridgehead atoms. The maximum Gasteiger partial charge on any atom is 0.258 e. The van der Waals surface area contributed by atoms with Crippen LogP contribution in [-0.2, 0) is 10.0 Å². The van der Waals surface area contributed by atoms with Crippen LogP contribution in [0.15, 0.2) is 51.8 Å². The maximum absolute atomic E-state index is 13.8. The molecular weight excluding hydrogens is 435 g/mol. The molecule has 0 spiro atoms. The molecule has 1 aliphatic heterocycles. The Morgan fingerprint density at radius 1 is 1.00 bits per heavy atom. The summed E-state index contributed by atoms with van der Waals surface area (Å²) < 4.78 is 41.4. The number of carbonyl (C=O) groups excluding carboxylic acids is 1. The van der Waals surface area contributed by atoms with Crippen molar-refractivity contribution in [2.24, 2.45) is 0 Å². The first-order valence-electron chi connectivity index (χ1n) is 8.74. The molecule has 0 aromatic heterocycles. The zero-order chi connectivity index (χ0) is 19.4. The summed E-state index contributed by atoms with van der Waals surface area (Å²) in [5, 5.41) is 2.59. The first-order chi connectivity index (χ1) is 12.9. The number of hydrogen-bond acceptors (Lipinski definition) is 3. The fourth-order valence-corrected chi connectivity index (χ4v) is 4.89.